The van der Waals surface area contributed by atoms with Crippen molar-refractivity contribution in [3.05, 3.63) is 63.2 Å². The maximum Gasteiger partial charge on any atom is 0.279 e. The first-order valence-electron chi connectivity index (χ1n) is 10.0. The molecule has 0 saturated carbocycles. The van der Waals surface area contributed by atoms with Gasteiger partial charge in [-0.15, -0.1) is 11.3 Å². The molecule has 0 aliphatic heterocycles. The highest BCUT2D eigenvalue weighted by molar-refractivity contribution is 7.15. The van der Waals surface area contributed by atoms with Crippen LogP contribution in [0.5, 0.6) is 0 Å². The van der Waals surface area contributed by atoms with Crippen molar-refractivity contribution in [2.45, 2.75) is 40.0 Å². The minimum Gasteiger partial charge on any atom is -0.332 e. The lowest BCUT2D eigenvalue weighted by atomic mass is 10.1. The molecule has 4 aromatic rings. The molecule has 5 nitrogen and oxygen atoms in total. The molecule has 0 fully saturated rings. The van der Waals surface area contributed by atoms with Gasteiger partial charge in [-0.2, -0.15) is 10.1 Å². The number of unbranched alkanes of at least 4 members (excludes halogenated alkanes) is 1. The van der Waals surface area contributed by atoms with E-state index in [4.69, 9.17) is 32.8 Å². The molecule has 0 aliphatic carbocycles. The Morgan fingerprint density at radius 3 is 2.71 bits per heavy atom. The molecule has 3 aromatic heterocycles. The van der Waals surface area contributed by atoms with Crippen molar-refractivity contribution >= 4 is 40.1 Å². The van der Waals surface area contributed by atoms with Crippen molar-refractivity contribution in [1.82, 2.24) is 19.9 Å². The van der Waals surface area contributed by atoms with Crippen molar-refractivity contribution in [2.75, 3.05) is 0 Å². The van der Waals surface area contributed by atoms with Crippen LogP contribution in [-0.2, 0) is 6.42 Å². The SMILES string of the molecule is C=C(C)c1noc(-c2nn(-c3ccc(Cl)cc3Cl)c(-c3ccc(CCCC)s3)c2C)n1. The Morgan fingerprint density at radius 2 is 2.03 bits per heavy atom. The summed E-state index contributed by atoms with van der Waals surface area (Å²) in [6.45, 7) is 9.93. The van der Waals surface area contributed by atoms with E-state index in [9.17, 15) is 0 Å². The number of benzene rings is 1. The largest absolute Gasteiger partial charge is 0.332 e. The lowest BCUT2D eigenvalue weighted by molar-refractivity contribution is 0.426. The van der Waals surface area contributed by atoms with Crippen molar-refractivity contribution in [2.24, 2.45) is 0 Å². The van der Waals surface area contributed by atoms with Crippen LogP contribution in [-0.4, -0.2) is 19.9 Å². The molecule has 0 spiro atoms. The van der Waals surface area contributed by atoms with E-state index >= 15 is 0 Å². The van der Waals surface area contributed by atoms with Gasteiger partial charge in [0.05, 0.1) is 21.3 Å². The average molecular weight is 473 g/mol. The average Bonchev–Trinajstić information content (AvgIpc) is 3.45. The van der Waals surface area contributed by atoms with E-state index < -0.39 is 0 Å². The topological polar surface area (TPSA) is 56.7 Å². The molecule has 0 saturated heterocycles. The Kier molecular flexibility index (Phi) is 6.32. The van der Waals surface area contributed by atoms with Crippen LogP contribution in [0.15, 0.2) is 41.4 Å². The summed E-state index contributed by atoms with van der Waals surface area (Å²) in [7, 11) is 0. The molecule has 0 bridgehead atoms. The third-order valence-electron chi connectivity index (χ3n) is 4.94. The third-order valence-corrected chi connectivity index (χ3v) is 6.63. The van der Waals surface area contributed by atoms with Crippen LogP contribution in [0.3, 0.4) is 0 Å². The molecule has 0 atom stereocenters. The molecule has 0 N–H and O–H groups in total. The lowest BCUT2D eigenvalue weighted by Crippen LogP contribution is -2.00. The van der Waals surface area contributed by atoms with Gasteiger partial charge < -0.3 is 4.52 Å². The second-order valence-corrected chi connectivity index (χ2v) is 9.41. The van der Waals surface area contributed by atoms with Gasteiger partial charge in [0.15, 0.2) is 11.5 Å². The van der Waals surface area contributed by atoms with E-state index in [0.29, 0.717) is 27.5 Å². The van der Waals surface area contributed by atoms with E-state index in [-0.39, 0.29) is 0 Å². The smallest absolute Gasteiger partial charge is 0.279 e. The zero-order chi connectivity index (χ0) is 22.1. The Bertz CT molecular complexity index is 1250. The first-order valence-corrected chi connectivity index (χ1v) is 11.6. The number of thiophene rings is 1. The molecule has 1 aromatic carbocycles. The van der Waals surface area contributed by atoms with Gasteiger partial charge in [0, 0.05) is 15.5 Å². The van der Waals surface area contributed by atoms with Crippen molar-refractivity contribution in [3.8, 4) is 27.8 Å². The summed E-state index contributed by atoms with van der Waals surface area (Å²) in [5.41, 5.74) is 3.96. The number of halogens is 2. The van der Waals surface area contributed by atoms with Gasteiger partial charge in [0.2, 0.25) is 0 Å². The summed E-state index contributed by atoms with van der Waals surface area (Å²) in [4.78, 5) is 6.91. The highest BCUT2D eigenvalue weighted by Crippen LogP contribution is 2.38. The fourth-order valence-corrected chi connectivity index (χ4v) is 4.93. The van der Waals surface area contributed by atoms with Gasteiger partial charge in [0.25, 0.3) is 5.89 Å². The number of nitrogens with zero attached hydrogens (tertiary/aromatic N) is 4. The predicted octanol–water partition coefficient (Wildman–Crippen LogP) is 7.64. The Hall–Kier alpha value is -2.41. The van der Waals surface area contributed by atoms with Crippen LogP contribution in [0.4, 0.5) is 0 Å². The summed E-state index contributed by atoms with van der Waals surface area (Å²) in [6, 6.07) is 9.70. The van der Waals surface area contributed by atoms with Crippen molar-refractivity contribution in [1.29, 1.82) is 0 Å². The molecule has 31 heavy (non-hydrogen) atoms. The maximum absolute atomic E-state index is 6.55. The molecule has 8 heteroatoms. The van der Waals surface area contributed by atoms with Crippen molar-refractivity contribution < 1.29 is 4.52 Å². The summed E-state index contributed by atoms with van der Waals surface area (Å²) < 4.78 is 7.33. The first-order chi connectivity index (χ1) is 14.9. The maximum atomic E-state index is 6.55. The van der Waals surface area contributed by atoms with Crippen LogP contribution in [0.2, 0.25) is 10.0 Å². The minimum absolute atomic E-state index is 0.350. The summed E-state index contributed by atoms with van der Waals surface area (Å²) in [6.07, 6.45) is 3.39. The van der Waals surface area contributed by atoms with Crippen LogP contribution < -0.4 is 0 Å². The highest BCUT2D eigenvalue weighted by Gasteiger charge is 2.24. The second kappa shape index (κ2) is 8.99. The van der Waals surface area contributed by atoms with Crippen LogP contribution in [0, 0.1) is 6.92 Å². The lowest BCUT2D eigenvalue weighted by Gasteiger charge is -2.09. The Balaban J connectivity index is 1.89. The normalized spacial score (nSPS) is 11.3. The molecule has 4 rings (SSSR count). The van der Waals surface area contributed by atoms with E-state index in [0.717, 1.165) is 46.7 Å². The monoisotopic (exact) mass is 472 g/mol. The third kappa shape index (κ3) is 4.33. The van der Waals surface area contributed by atoms with E-state index in [2.05, 4.69) is 35.8 Å². The molecule has 0 amide bonds. The van der Waals surface area contributed by atoms with E-state index in [1.165, 1.54) is 4.88 Å². The molecule has 0 aliphatic rings. The zero-order valence-electron chi connectivity index (χ0n) is 17.6. The summed E-state index contributed by atoms with van der Waals surface area (Å²) in [5, 5.41) is 9.92. The standard InChI is InChI=1S/C23H22Cl2N4OS/c1-5-6-7-16-9-11-19(31-16)21-14(4)20(23-26-22(13(2)3)28-30-23)27-29(21)18-10-8-15(24)12-17(18)25/h8-12H,2,5-7H2,1,3-4H3. The van der Waals surface area contributed by atoms with E-state index in [1.807, 2.05) is 24.6 Å². The fraction of sp³-hybridized carbons (Fsp3) is 0.261. The molecule has 3 heterocycles. The minimum atomic E-state index is 0.350. The van der Waals surface area contributed by atoms with E-state index in [1.54, 1.807) is 23.5 Å². The number of hydrogen-bond acceptors (Lipinski definition) is 5. The Labute approximate surface area is 195 Å². The van der Waals surface area contributed by atoms with Crippen LogP contribution in [0.25, 0.3) is 33.4 Å². The van der Waals surface area contributed by atoms with Gasteiger partial charge in [-0.25, -0.2) is 4.68 Å². The van der Waals surface area contributed by atoms with Gasteiger partial charge in [-0.3, -0.25) is 0 Å². The van der Waals surface area contributed by atoms with Crippen molar-refractivity contribution in [3.63, 3.8) is 0 Å². The van der Waals surface area contributed by atoms with Gasteiger partial charge in [0.1, 0.15) is 0 Å². The number of aryl methyl sites for hydroxylation is 1. The predicted molar refractivity (Wildman–Crippen MR) is 128 cm³/mol. The number of hydrogen-bond donors (Lipinski definition) is 0. The number of rotatable bonds is 7. The van der Waals surface area contributed by atoms with Gasteiger partial charge >= 0.3 is 0 Å². The quantitative estimate of drug-likeness (QED) is 0.277. The van der Waals surface area contributed by atoms with Gasteiger partial charge in [-0.1, -0.05) is 48.3 Å². The zero-order valence-corrected chi connectivity index (χ0v) is 19.9. The molecular weight excluding hydrogens is 451 g/mol. The first kappa shape index (κ1) is 21.8. The summed E-state index contributed by atoms with van der Waals surface area (Å²) in [5.74, 6) is 0.816. The molecule has 160 valence electrons. The highest BCUT2D eigenvalue weighted by atomic mass is 35.5. The molecular formula is C23H22Cl2N4OS. The van der Waals surface area contributed by atoms with Crippen LogP contribution >= 0.6 is 34.5 Å². The second-order valence-electron chi connectivity index (χ2n) is 7.40. The van der Waals surface area contributed by atoms with Crippen LogP contribution in [0.1, 0.15) is 43.0 Å². The Morgan fingerprint density at radius 1 is 1.23 bits per heavy atom. The number of aromatic nitrogens is 4. The fourth-order valence-electron chi connectivity index (χ4n) is 3.30. The summed E-state index contributed by atoms with van der Waals surface area (Å²) >= 11 is 14.4. The number of allylic oxidation sites excluding steroid dienone is 1. The van der Waals surface area contributed by atoms with Gasteiger partial charge in [-0.05, 0) is 62.6 Å². The molecule has 0 radical (unpaired) electrons. The molecule has 0 unspecified atom stereocenters.